The minimum atomic E-state index is 0.0185. The van der Waals surface area contributed by atoms with Crippen LogP contribution in [0, 0.1) is 0 Å². The first-order valence-electron chi connectivity index (χ1n) is 5.43. The molecular weight excluding hydrogens is 190 g/mol. The lowest BCUT2D eigenvalue weighted by molar-refractivity contribution is 0.0755. The van der Waals surface area contributed by atoms with Gasteiger partial charge >= 0.3 is 0 Å². The van der Waals surface area contributed by atoms with Crippen molar-refractivity contribution in [1.82, 2.24) is 14.9 Å². The SMILES string of the molecule is O=C(c1cnccn1)N1CCCCCC1. The molecule has 2 heterocycles. The van der Waals surface area contributed by atoms with E-state index in [4.69, 9.17) is 0 Å². The van der Waals surface area contributed by atoms with Crippen LogP contribution < -0.4 is 0 Å². The minimum Gasteiger partial charge on any atom is -0.337 e. The summed E-state index contributed by atoms with van der Waals surface area (Å²) in [5.41, 5.74) is 0.458. The van der Waals surface area contributed by atoms with Crippen LogP contribution >= 0.6 is 0 Å². The maximum atomic E-state index is 12.0. The second-order valence-corrected chi connectivity index (χ2v) is 3.80. The van der Waals surface area contributed by atoms with E-state index in [0.717, 1.165) is 25.9 Å². The molecule has 0 unspecified atom stereocenters. The van der Waals surface area contributed by atoms with Gasteiger partial charge in [-0.25, -0.2) is 4.98 Å². The van der Waals surface area contributed by atoms with Crippen LogP contribution in [-0.2, 0) is 0 Å². The second-order valence-electron chi connectivity index (χ2n) is 3.80. The molecule has 4 nitrogen and oxygen atoms in total. The highest BCUT2D eigenvalue weighted by Gasteiger charge is 2.17. The molecule has 15 heavy (non-hydrogen) atoms. The standard InChI is InChI=1S/C11H15N3O/c15-11(10-9-12-5-6-13-10)14-7-3-1-2-4-8-14/h5-6,9H,1-4,7-8H2. The molecule has 1 aliphatic heterocycles. The molecule has 80 valence electrons. The number of carbonyl (C=O) groups excluding carboxylic acids is 1. The quantitative estimate of drug-likeness (QED) is 0.697. The zero-order valence-electron chi connectivity index (χ0n) is 8.72. The first-order chi connectivity index (χ1) is 7.38. The predicted molar refractivity (Wildman–Crippen MR) is 56.4 cm³/mol. The molecule has 0 atom stereocenters. The van der Waals surface area contributed by atoms with Gasteiger partial charge in [0.2, 0.25) is 0 Å². The van der Waals surface area contributed by atoms with Gasteiger partial charge in [-0.1, -0.05) is 12.8 Å². The van der Waals surface area contributed by atoms with Gasteiger partial charge in [-0.3, -0.25) is 9.78 Å². The number of hydrogen-bond donors (Lipinski definition) is 0. The molecule has 4 heteroatoms. The van der Waals surface area contributed by atoms with E-state index in [1.54, 1.807) is 12.4 Å². The van der Waals surface area contributed by atoms with Gasteiger partial charge in [-0.05, 0) is 12.8 Å². The molecule has 0 radical (unpaired) electrons. The van der Waals surface area contributed by atoms with Gasteiger partial charge in [0.05, 0.1) is 6.20 Å². The summed E-state index contributed by atoms with van der Waals surface area (Å²) in [5, 5.41) is 0. The van der Waals surface area contributed by atoms with Crippen LogP contribution in [0.15, 0.2) is 18.6 Å². The minimum absolute atomic E-state index is 0.0185. The van der Waals surface area contributed by atoms with Crippen LogP contribution in [0.25, 0.3) is 0 Å². The zero-order valence-corrected chi connectivity index (χ0v) is 8.72. The van der Waals surface area contributed by atoms with E-state index >= 15 is 0 Å². The fourth-order valence-electron chi connectivity index (χ4n) is 1.85. The van der Waals surface area contributed by atoms with Crippen molar-refractivity contribution in [1.29, 1.82) is 0 Å². The smallest absolute Gasteiger partial charge is 0.274 e. The highest BCUT2D eigenvalue weighted by molar-refractivity contribution is 5.91. The molecule has 1 saturated heterocycles. The summed E-state index contributed by atoms with van der Waals surface area (Å²) in [6, 6.07) is 0. The Balaban J connectivity index is 2.06. The molecule has 0 bridgehead atoms. The van der Waals surface area contributed by atoms with Crippen molar-refractivity contribution in [3.63, 3.8) is 0 Å². The van der Waals surface area contributed by atoms with Gasteiger partial charge in [0.15, 0.2) is 0 Å². The third-order valence-corrected chi connectivity index (χ3v) is 2.68. The summed E-state index contributed by atoms with van der Waals surface area (Å²) < 4.78 is 0. The highest BCUT2D eigenvalue weighted by atomic mass is 16.2. The average Bonchev–Trinajstić information content (AvgIpc) is 2.58. The normalized spacial score (nSPS) is 17.2. The fourth-order valence-corrected chi connectivity index (χ4v) is 1.85. The number of hydrogen-bond acceptors (Lipinski definition) is 3. The summed E-state index contributed by atoms with van der Waals surface area (Å²) in [5.74, 6) is 0.0185. The third-order valence-electron chi connectivity index (χ3n) is 2.68. The number of amides is 1. The maximum Gasteiger partial charge on any atom is 0.274 e. The topological polar surface area (TPSA) is 46.1 Å². The average molecular weight is 205 g/mol. The van der Waals surface area contributed by atoms with E-state index in [-0.39, 0.29) is 5.91 Å². The van der Waals surface area contributed by atoms with Crippen molar-refractivity contribution in [2.75, 3.05) is 13.1 Å². The predicted octanol–water partition coefficient (Wildman–Crippen LogP) is 1.49. The number of rotatable bonds is 1. The Labute approximate surface area is 89.3 Å². The molecule has 1 aromatic heterocycles. The molecule has 1 aliphatic rings. The van der Waals surface area contributed by atoms with E-state index in [2.05, 4.69) is 9.97 Å². The molecule has 1 amide bonds. The Hall–Kier alpha value is -1.45. The van der Waals surface area contributed by atoms with Crippen molar-refractivity contribution in [3.8, 4) is 0 Å². The second kappa shape index (κ2) is 4.87. The highest BCUT2D eigenvalue weighted by Crippen LogP contribution is 2.11. The Morgan fingerprint density at radius 2 is 1.87 bits per heavy atom. The van der Waals surface area contributed by atoms with E-state index in [1.807, 2.05) is 4.90 Å². The molecule has 2 rings (SSSR count). The van der Waals surface area contributed by atoms with Gasteiger partial charge in [0, 0.05) is 25.5 Å². The van der Waals surface area contributed by atoms with Crippen LogP contribution in [0.2, 0.25) is 0 Å². The van der Waals surface area contributed by atoms with E-state index in [0.29, 0.717) is 5.69 Å². The van der Waals surface area contributed by atoms with Gasteiger partial charge in [0.25, 0.3) is 5.91 Å². The summed E-state index contributed by atoms with van der Waals surface area (Å²) >= 11 is 0. The molecule has 0 aromatic carbocycles. The van der Waals surface area contributed by atoms with Gasteiger partial charge < -0.3 is 4.90 Å². The largest absolute Gasteiger partial charge is 0.337 e. The Bertz CT molecular complexity index is 318. The fraction of sp³-hybridized carbons (Fsp3) is 0.545. The first-order valence-corrected chi connectivity index (χ1v) is 5.43. The van der Waals surface area contributed by atoms with E-state index in [1.165, 1.54) is 19.0 Å². The molecule has 0 saturated carbocycles. The van der Waals surface area contributed by atoms with Crippen LogP contribution in [0.1, 0.15) is 36.2 Å². The monoisotopic (exact) mass is 205 g/mol. The molecule has 1 aromatic rings. The molecule has 0 spiro atoms. The Kier molecular flexibility index (Phi) is 3.27. The van der Waals surface area contributed by atoms with Gasteiger partial charge in [-0.2, -0.15) is 0 Å². The van der Waals surface area contributed by atoms with Crippen molar-refractivity contribution < 1.29 is 4.79 Å². The Morgan fingerprint density at radius 3 is 2.47 bits per heavy atom. The third kappa shape index (κ3) is 2.52. The maximum absolute atomic E-state index is 12.0. The number of aromatic nitrogens is 2. The lowest BCUT2D eigenvalue weighted by Gasteiger charge is -2.19. The molecule has 1 fully saturated rings. The molecule has 0 N–H and O–H groups in total. The molecule has 0 aliphatic carbocycles. The van der Waals surface area contributed by atoms with Crippen LogP contribution in [0.4, 0.5) is 0 Å². The first kappa shape index (κ1) is 10.1. The zero-order chi connectivity index (χ0) is 10.5. The summed E-state index contributed by atoms with van der Waals surface area (Å²) in [4.78, 5) is 21.8. The summed E-state index contributed by atoms with van der Waals surface area (Å²) in [7, 11) is 0. The molecular formula is C11H15N3O. The van der Waals surface area contributed by atoms with E-state index < -0.39 is 0 Å². The van der Waals surface area contributed by atoms with E-state index in [9.17, 15) is 4.79 Å². The number of carbonyl (C=O) groups is 1. The van der Waals surface area contributed by atoms with Crippen LogP contribution in [0.5, 0.6) is 0 Å². The van der Waals surface area contributed by atoms with Gasteiger partial charge in [0.1, 0.15) is 5.69 Å². The number of likely N-dealkylation sites (tertiary alicyclic amines) is 1. The lowest BCUT2D eigenvalue weighted by atomic mass is 10.2. The summed E-state index contributed by atoms with van der Waals surface area (Å²) in [6.45, 7) is 1.71. The van der Waals surface area contributed by atoms with Crippen molar-refractivity contribution in [2.45, 2.75) is 25.7 Å². The Morgan fingerprint density at radius 1 is 1.13 bits per heavy atom. The van der Waals surface area contributed by atoms with Gasteiger partial charge in [-0.15, -0.1) is 0 Å². The van der Waals surface area contributed by atoms with Crippen LogP contribution in [0.3, 0.4) is 0 Å². The van der Waals surface area contributed by atoms with Crippen LogP contribution in [-0.4, -0.2) is 33.9 Å². The van der Waals surface area contributed by atoms with Crippen molar-refractivity contribution in [2.24, 2.45) is 0 Å². The van der Waals surface area contributed by atoms with Crippen molar-refractivity contribution in [3.05, 3.63) is 24.3 Å². The number of nitrogens with zero attached hydrogens (tertiary/aromatic N) is 3. The summed E-state index contributed by atoms with van der Waals surface area (Å²) in [6.07, 6.45) is 9.34. The lowest BCUT2D eigenvalue weighted by Crippen LogP contribution is -2.32. The van der Waals surface area contributed by atoms with Crippen molar-refractivity contribution >= 4 is 5.91 Å².